The first-order valence-corrected chi connectivity index (χ1v) is 24.7. The largest absolute Gasteiger partial charge is 0.393 e. The van der Waals surface area contributed by atoms with Crippen molar-refractivity contribution in [2.24, 2.45) is 5.92 Å². The van der Waals surface area contributed by atoms with Crippen molar-refractivity contribution < 1.29 is 5.11 Å². The minimum absolute atomic E-state index is 0.155. The topological polar surface area (TPSA) is 23.5 Å². The summed E-state index contributed by atoms with van der Waals surface area (Å²) in [6, 6.07) is 10.2. The summed E-state index contributed by atoms with van der Waals surface area (Å²) in [5, 5.41) is 11.5. The predicted octanol–water partition coefficient (Wildman–Crippen LogP) is 16.7. The third-order valence-corrected chi connectivity index (χ3v) is 12.8. The van der Waals surface area contributed by atoms with Crippen LogP contribution in [0.3, 0.4) is 0 Å². The third-order valence-electron chi connectivity index (χ3n) is 12.8. The van der Waals surface area contributed by atoms with Gasteiger partial charge in [0.25, 0.3) is 0 Å². The summed E-state index contributed by atoms with van der Waals surface area (Å²) in [6.45, 7) is 9.33. The Bertz CT molecular complexity index is 853. The quantitative estimate of drug-likeness (QED) is 0.0683. The molecule has 1 saturated carbocycles. The second-order valence-corrected chi connectivity index (χ2v) is 17.7. The molecular formula is C51H95NO. The molecule has 0 amide bonds. The third kappa shape index (κ3) is 25.1. The van der Waals surface area contributed by atoms with E-state index in [1.807, 2.05) is 0 Å². The number of hydrogen-bond donors (Lipinski definition) is 1. The van der Waals surface area contributed by atoms with Crippen LogP contribution in [-0.2, 0) is 6.42 Å². The number of rotatable bonds is 38. The maximum atomic E-state index is 11.5. The molecule has 2 heteroatoms. The Morgan fingerprint density at radius 3 is 1.17 bits per heavy atom. The summed E-state index contributed by atoms with van der Waals surface area (Å²) >= 11 is 0. The van der Waals surface area contributed by atoms with Gasteiger partial charge in [-0.05, 0) is 62.7 Å². The molecule has 0 bridgehead atoms. The van der Waals surface area contributed by atoms with Crippen LogP contribution < -0.4 is 0 Å². The van der Waals surface area contributed by atoms with Crippen molar-refractivity contribution in [3.05, 3.63) is 35.4 Å². The number of aliphatic hydroxyl groups excluding tert-OH is 1. The van der Waals surface area contributed by atoms with Crippen LogP contribution in [0.5, 0.6) is 0 Å². The zero-order chi connectivity index (χ0) is 37.9. The van der Waals surface area contributed by atoms with Crippen LogP contribution in [0, 0.1) is 5.92 Å². The first-order chi connectivity index (χ1) is 26.2. The van der Waals surface area contributed by atoms with E-state index in [-0.39, 0.29) is 6.10 Å². The lowest BCUT2D eigenvalue weighted by Gasteiger charge is -2.42. The van der Waals surface area contributed by atoms with Crippen LogP contribution in [0.4, 0.5) is 0 Å². The summed E-state index contributed by atoms with van der Waals surface area (Å²) in [5.41, 5.74) is 2.99. The molecule has 3 atom stereocenters. The van der Waals surface area contributed by atoms with Crippen LogP contribution in [0.2, 0.25) is 0 Å². The van der Waals surface area contributed by atoms with Gasteiger partial charge in [-0.2, -0.15) is 0 Å². The van der Waals surface area contributed by atoms with Gasteiger partial charge in [-0.25, -0.2) is 0 Å². The summed E-state index contributed by atoms with van der Waals surface area (Å²) in [4.78, 5) is 2.87. The van der Waals surface area contributed by atoms with Crippen molar-refractivity contribution in [1.29, 1.82) is 0 Å². The zero-order valence-electron chi connectivity index (χ0n) is 36.5. The summed E-state index contributed by atoms with van der Waals surface area (Å²) < 4.78 is 0. The van der Waals surface area contributed by atoms with E-state index in [0.717, 1.165) is 6.42 Å². The van der Waals surface area contributed by atoms with Crippen molar-refractivity contribution in [2.45, 2.75) is 270 Å². The van der Waals surface area contributed by atoms with E-state index >= 15 is 0 Å². The maximum Gasteiger partial charge on any atom is 0.0586 e. The fourth-order valence-electron chi connectivity index (χ4n) is 9.28. The minimum Gasteiger partial charge on any atom is -0.393 e. The Hall–Kier alpha value is -0.860. The van der Waals surface area contributed by atoms with Crippen molar-refractivity contribution in [1.82, 2.24) is 4.90 Å². The number of aryl methyl sites for hydroxylation is 1. The lowest BCUT2D eigenvalue weighted by Crippen LogP contribution is -2.41. The molecular weight excluding hydrogens is 643 g/mol. The Labute approximate surface area is 333 Å². The van der Waals surface area contributed by atoms with Gasteiger partial charge in [0.05, 0.1) is 6.10 Å². The summed E-state index contributed by atoms with van der Waals surface area (Å²) in [6.07, 6.45) is 50.6. The van der Waals surface area contributed by atoms with Gasteiger partial charge in [0.1, 0.15) is 0 Å². The minimum atomic E-state index is -0.155. The zero-order valence-corrected chi connectivity index (χ0v) is 36.5. The van der Waals surface area contributed by atoms with E-state index in [1.54, 1.807) is 0 Å². The molecule has 2 nitrogen and oxygen atoms in total. The molecule has 0 heterocycles. The van der Waals surface area contributed by atoms with E-state index in [1.165, 1.54) is 255 Å². The highest BCUT2D eigenvalue weighted by Crippen LogP contribution is 2.39. The Kier molecular flexibility index (Phi) is 32.4. The normalized spacial score (nSPS) is 16.8. The van der Waals surface area contributed by atoms with Gasteiger partial charge in [0, 0.05) is 12.0 Å². The van der Waals surface area contributed by atoms with Crippen LogP contribution in [0.15, 0.2) is 24.3 Å². The van der Waals surface area contributed by atoms with Gasteiger partial charge in [-0.15, -0.1) is 0 Å². The first-order valence-electron chi connectivity index (χ1n) is 24.7. The standard InChI is InChI=1S/C51H95NO/c1-4-7-10-13-16-19-21-23-25-28-31-36-45-52(46-37-32-29-26-24-22-20-17-14-11-8-5-2)51(49-39-34-35-40-50(49)53)48-43-41-47(42-44-48)38-33-30-27-18-15-12-9-6-3/h41-44,49-51,53H,4-40,45-46H2,1-3H3. The van der Waals surface area contributed by atoms with Crippen LogP contribution >= 0.6 is 0 Å². The van der Waals surface area contributed by atoms with Crippen molar-refractivity contribution in [2.75, 3.05) is 13.1 Å². The highest BCUT2D eigenvalue weighted by molar-refractivity contribution is 5.26. The van der Waals surface area contributed by atoms with Crippen LogP contribution in [0.1, 0.15) is 269 Å². The molecule has 0 radical (unpaired) electrons. The fraction of sp³-hybridized carbons (Fsp3) is 0.882. The lowest BCUT2D eigenvalue weighted by atomic mass is 9.78. The number of unbranched alkanes of at least 4 members (excludes halogenated alkanes) is 29. The molecule has 53 heavy (non-hydrogen) atoms. The molecule has 0 spiro atoms. The van der Waals surface area contributed by atoms with E-state index in [2.05, 4.69) is 49.9 Å². The molecule has 2 rings (SSSR count). The highest BCUT2D eigenvalue weighted by atomic mass is 16.3. The van der Waals surface area contributed by atoms with E-state index in [0.29, 0.717) is 12.0 Å². The van der Waals surface area contributed by atoms with Gasteiger partial charge >= 0.3 is 0 Å². The average Bonchev–Trinajstić information content (AvgIpc) is 3.17. The SMILES string of the molecule is CCCCCCCCCCCCCCN(CCCCCCCCCCCCCC)C(c1ccc(CCCCCCCCCC)cc1)C1CCCCC1O. The van der Waals surface area contributed by atoms with Gasteiger partial charge in [0.2, 0.25) is 0 Å². The highest BCUT2D eigenvalue weighted by Gasteiger charge is 2.35. The van der Waals surface area contributed by atoms with E-state index in [9.17, 15) is 5.11 Å². The van der Waals surface area contributed by atoms with Gasteiger partial charge in [-0.1, -0.05) is 244 Å². The smallest absolute Gasteiger partial charge is 0.0586 e. The van der Waals surface area contributed by atoms with Gasteiger partial charge in [-0.3, -0.25) is 4.90 Å². The van der Waals surface area contributed by atoms with Crippen molar-refractivity contribution in [3.63, 3.8) is 0 Å². The summed E-state index contributed by atoms with van der Waals surface area (Å²) in [7, 11) is 0. The molecule has 1 aliphatic carbocycles. The van der Waals surface area contributed by atoms with Gasteiger partial charge in [0.15, 0.2) is 0 Å². The molecule has 1 fully saturated rings. The number of aliphatic hydroxyl groups is 1. The number of nitrogens with zero attached hydrogens (tertiary/aromatic N) is 1. The second-order valence-electron chi connectivity index (χ2n) is 17.7. The number of hydrogen-bond acceptors (Lipinski definition) is 2. The molecule has 0 saturated heterocycles. The molecule has 3 unspecified atom stereocenters. The molecule has 1 aromatic rings. The molecule has 0 aromatic heterocycles. The average molecular weight is 738 g/mol. The molecule has 0 aliphatic heterocycles. The monoisotopic (exact) mass is 738 g/mol. The summed E-state index contributed by atoms with van der Waals surface area (Å²) in [5.74, 6) is 0.372. The predicted molar refractivity (Wildman–Crippen MR) is 237 cm³/mol. The molecule has 310 valence electrons. The van der Waals surface area contributed by atoms with Crippen molar-refractivity contribution in [3.8, 4) is 0 Å². The number of benzene rings is 1. The van der Waals surface area contributed by atoms with E-state index < -0.39 is 0 Å². The molecule has 1 aliphatic rings. The Morgan fingerprint density at radius 2 is 0.792 bits per heavy atom. The molecule has 1 N–H and O–H groups in total. The van der Waals surface area contributed by atoms with Crippen molar-refractivity contribution >= 4 is 0 Å². The van der Waals surface area contributed by atoms with E-state index in [4.69, 9.17) is 0 Å². The van der Waals surface area contributed by atoms with Crippen LogP contribution in [0.25, 0.3) is 0 Å². The van der Waals surface area contributed by atoms with Crippen LogP contribution in [-0.4, -0.2) is 29.2 Å². The Balaban J connectivity index is 1.92. The Morgan fingerprint density at radius 1 is 0.453 bits per heavy atom. The first kappa shape index (κ1) is 48.3. The fourth-order valence-corrected chi connectivity index (χ4v) is 9.28. The molecule has 1 aromatic carbocycles. The maximum absolute atomic E-state index is 11.5. The lowest BCUT2D eigenvalue weighted by molar-refractivity contribution is 0.00618. The van der Waals surface area contributed by atoms with Gasteiger partial charge < -0.3 is 5.11 Å². The second kappa shape index (κ2) is 35.5.